The Morgan fingerprint density at radius 2 is 1.95 bits per heavy atom. The second kappa shape index (κ2) is 8.06. The fraction of sp³-hybridized carbons (Fsp3) is 0.312. The monoisotopic (exact) mass is 335 g/mol. The van der Waals surface area contributed by atoms with Crippen LogP contribution in [0, 0.1) is 0 Å². The van der Waals surface area contributed by atoms with Gasteiger partial charge in [-0.05, 0) is 36.6 Å². The number of nitrogens with zero attached hydrogens (tertiary/aromatic N) is 2. The lowest BCUT2D eigenvalue weighted by Crippen LogP contribution is -2.07. The Bertz CT molecular complexity index is 648. The average molecular weight is 336 g/mol. The molecule has 4 nitrogen and oxygen atoms in total. The molecule has 0 unspecified atom stereocenters. The van der Waals surface area contributed by atoms with Crippen LogP contribution in [0.25, 0.3) is 6.08 Å². The van der Waals surface area contributed by atoms with Crippen LogP contribution < -0.4 is 5.32 Å². The molecule has 22 heavy (non-hydrogen) atoms. The molecule has 0 spiro atoms. The molecule has 0 aliphatic heterocycles. The lowest BCUT2D eigenvalue weighted by atomic mass is 10.1. The summed E-state index contributed by atoms with van der Waals surface area (Å²) < 4.78 is 0. The summed E-state index contributed by atoms with van der Waals surface area (Å²) in [5.41, 5.74) is 0.912. The van der Waals surface area contributed by atoms with Crippen LogP contribution in [0.4, 0.5) is 5.13 Å². The smallest absolute Gasteiger partial charge is 0.250 e. The van der Waals surface area contributed by atoms with E-state index in [9.17, 15) is 4.79 Å². The number of hydrogen-bond acceptors (Lipinski definition) is 4. The van der Waals surface area contributed by atoms with Gasteiger partial charge in [0.05, 0.1) is 0 Å². The Hall–Kier alpha value is -1.72. The van der Waals surface area contributed by atoms with Crippen molar-refractivity contribution in [2.24, 2.45) is 0 Å². The topological polar surface area (TPSA) is 54.9 Å². The highest BCUT2D eigenvalue weighted by atomic mass is 35.5. The number of hydrogen-bond donors (Lipinski definition) is 1. The van der Waals surface area contributed by atoms with Gasteiger partial charge in [-0.1, -0.05) is 48.9 Å². The van der Waals surface area contributed by atoms with E-state index in [0.29, 0.717) is 16.1 Å². The number of carbonyl (C=O) groups excluding carboxylic acids is 1. The number of nitrogens with one attached hydrogen (secondary N) is 1. The summed E-state index contributed by atoms with van der Waals surface area (Å²) in [5.74, 6) is 0.190. The summed E-state index contributed by atoms with van der Waals surface area (Å²) in [6.07, 6.45) is 5.25. The van der Waals surface area contributed by atoms with E-state index in [2.05, 4.69) is 29.4 Å². The summed E-state index contributed by atoms with van der Waals surface area (Å²) >= 11 is 7.25. The maximum atomic E-state index is 11.9. The van der Waals surface area contributed by atoms with Gasteiger partial charge in [0.25, 0.3) is 0 Å². The van der Waals surface area contributed by atoms with Crippen molar-refractivity contribution in [2.75, 3.05) is 5.32 Å². The number of amides is 1. The normalized spacial score (nSPS) is 11.3. The van der Waals surface area contributed by atoms with E-state index in [-0.39, 0.29) is 5.91 Å². The molecule has 0 saturated heterocycles. The van der Waals surface area contributed by atoms with Gasteiger partial charge in [0, 0.05) is 17.0 Å². The van der Waals surface area contributed by atoms with Crippen molar-refractivity contribution < 1.29 is 4.79 Å². The van der Waals surface area contributed by atoms with E-state index < -0.39 is 0 Å². The van der Waals surface area contributed by atoms with Gasteiger partial charge in [0.1, 0.15) is 5.01 Å². The van der Waals surface area contributed by atoms with E-state index in [1.54, 1.807) is 18.2 Å². The molecule has 0 aliphatic carbocycles. The average Bonchev–Trinajstić information content (AvgIpc) is 2.96. The van der Waals surface area contributed by atoms with E-state index in [0.717, 1.165) is 23.4 Å². The van der Waals surface area contributed by atoms with E-state index in [1.165, 1.54) is 17.4 Å². The Kier molecular flexibility index (Phi) is 6.10. The van der Waals surface area contributed by atoms with Gasteiger partial charge in [-0.15, -0.1) is 10.2 Å². The Morgan fingerprint density at radius 3 is 2.59 bits per heavy atom. The van der Waals surface area contributed by atoms with Gasteiger partial charge in [-0.3, -0.25) is 10.1 Å². The van der Waals surface area contributed by atoms with Gasteiger partial charge in [0.15, 0.2) is 0 Å². The zero-order chi connectivity index (χ0) is 15.9. The van der Waals surface area contributed by atoms with E-state index in [1.807, 2.05) is 12.1 Å². The molecule has 1 aromatic carbocycles. The number of anilines is 1. The van der Waals surface area contributed by atoms with Gasteiger partial charge >= 0.3 is 0 Å². The molecule has 2 rings (SSSR count). The minimum absolute atomic E-state index is 0.220. The van der Waals surface area contributed by atoms with Crippen molar-refractivity contribution in [1.29, 1.82) is 0 Å². The van der Waals surface area contributed by atoms with E-state index >= 15 is 0 Å². The van der Waals surface area contributed by atoms with Crippen molar-refractivity contribution in [3.63, 3.8) is 0 Å². The molecular formula is C16H18ClN3OS. The highest BCUT2D eigenvalue weighted by Gasteiger charge is 2.13. The van der Waals surface area contributed by atoms with Crippen LogP contribution in [0.2, 0.25) is 5.02 Å². The zero-order valence-corrected chi connectivity index (χ0v) is 14.1. The lowest BCUT2D eigenvalue weighted by Gasteiger charge is -2.05. The number of rotatable bonds is 6. The standard InChI is InChI=1S/C16H18ClN3OS/c1-3-12(4-2)15-19-20-16(22-15)18-14(21)10-7-11-5-8-13(17)9-6-11/h5-10,12H,3-4H2,1-2H3,(H,18,20,21)/b10-7+. The molecule has 0 atom stereocenters. The predicted octanol–water partition coefficient (Wildman–Crippen LogP) is 4.75. The highest BCUT2D eigenvalue weighted by Crippen LogP contribution is 2.27. The fourth-order valence-corrected chi connectivity index (χ4v) is 3.12. The van der Waals surface area contributed by atoms with Crippen LogP contribution in [0.5, 0.6) is 0 Å². The molecule has 0 saturated carbocycles. The van der Waals surface area contributed by atoms with Crippen LogP contribution in [0.1, 0.15) is 43.2 Å². The van der Waals surface area contributed by atoms with Crippen LogP contribution >= 0.6 is 22.9 Å². The van der Waals surface area contributed by atoms with Crippen molar-refractivity contribution >= 4 is 40.1 Å². The van der Waals surface area contributed by atoms with Gasteiger partial charge in [-0.25, -0.2) is 0 Å². The number of benzene rings is 1. The largest absolute Gasteiger partial charge is 0.297 e. The first-order valence-corrected chi connectivity index (χ1v) is 8.39. The summed E-state index contributed by atoms with van der Waals surface area (Å²) in [6.45, 7) is 4.26. The van der Waals surface area contributed by atoms with Crippen molar-refractivity contribution in [2.45, 2.75) is 32.6 Å². The minimum atomic E-state index is -0.220. The first-order chi connectivity index (χ1) is 10.6. The van der Waals surface area contributed by atoms with Gasteiger partial charge in [-0.2, -0.15) is 0 Å². The number of halogens is 1. The van der Waals surface area contributed by atoms with Crippen molar-refractivity contribution in [3.8, 4) is 0 Å². The van der Waals surface area contributed by atoms with E-state index in [4.69, 9.17) is 11.6 Å². The van der Waals surface area contributed by atoms with Gasteiger partial charge < -0.3 is 0 Å². The summed E-state index contributed by atoms with van der Waals surface area (Å²) in [5, 5.41) is 13.1. The second-order valence-electron chi connectivity index (χ2n) is 4.83. The van der Waals surface area contributed by atoms with Crippen LogP contribution in [-0.4, -0.2) is 16.1 Å². The number of carbonyl (C=O) groups is 1. The highest BCUT2D eigenvalue weighted by molar-refractivity contribution is 7.15. The van der Waals surface area contributed by atoms with Crippen molar-refractivity contribution in [3.05, 3.63) is 45.9 Å². The third-order valence-electron chi connectivity index (χ3n) is 3.30. The zero-order valence-electron chi connectivity index (χ0n) is 12.5. The van der Waals surface area contributed by atoms with Crippen LogP contribution in [-0.2, 0) is 4.79 Å². The summed E-state index contributed by atoms with van der Waals surface area (Å²) in [4.78, 5) is 11.9. The molecule has 1 amide bonds. The Morgan fingerprint density at radius 1 is 1.27 bits per heavy atom. The Balaban J connectivity index is 1.96. The third-order valence-corrected chi connectivity index (χ3v) is 4.56. The minimum Gasteiger partial charge on any atom is -0.297 e. The molecule has 116 valence electrons. The van der Waals surface area contributed by atoms with Crippen LogP contribution in [0.15, 0.2) is 30.3 Å². The summed E-state index contributed by atoms with van der Waals surface area (Å²) in [7, 11) is 0. The maximum Gasteiger partial charge on any atom is 0.250 e. The molecule has 6 heteroatoms. The first kappa shape index (κ1) is 16.6. The predicted molar refractivity (Wildman–Crippen MR) is 92.3 cm³/mol. The maximum absolute atomic E-state index is 11.9. The molecule has 0 fully saturated rings. The Labute approximate surface area is 139 Å². The number of aromatic nitrogens is 2. The molecular weight excluding hydrogens is 318 g/mol. The molecule has 2 aromatic rings. The lowest BCUT2D eigenvalue weighted by molar-refractivity contribution is -0.111. The molecule has 1 aromatic heterocycles. The SMILES string of the molecule is CCC(CC)c1nnc(NC(=O)/C=C/c2ccc(Cl)cc2)s1. The van der Waals surface area contributed by atoms with Crippen molar-refractivity contribution in [1.82, 2.24) is 10.2 Å². The fourth-order valence-electron chi connectivity index (χ4n) is 1.98. The molecule has 0 radical (unpaired) electrons. The van der Waals surface area contributed by atoms with Crippen LogP contribution in [0.3, 0.4) is 0 Å². The third kappa shape index (κ3) is 4.64. The molecule has 1 heterocycles. The second-order valence-corrected chi connectivity index (χ2v) is 6.28. The molecule has 0 bridgehead atoms. The van der Waals surface area contributed by atoms with Gasteiger partial charge in [0.2, 0.25) is 11.0 Å². The first-order valence-electron chi connectivity index (χ1n) is 7.20. The molecule has 0 aliphatic rings. The summed E-state index contributed by atoms with van der Waals surface area (Å²) in [6, 6.07) is 7.27. The molecule has 1 N–H and O–H groups in total. The quantitative estimate of drug-likeness (QED) is 0.775.